The number of nitrogens with zero attached hydrogens (tertiary/aromatic N) is 2. The molecule has 0 fully saturated rings. The molecule has 14 heavy (non-hydrogen) atoms. The summed E-state index contributed by atoms with van der Waals surface area (Å²) in [5.41, 5.74) is 0.745. The highest BCUT2D eigenvalue weighted by molar-refractivity contribution is 6.32. The summed E-state index contributed by atoms with van der Waals surface area (Å²) in [6.45, 7) is 6.97. The molecule has 1 aromatic rings. The molecule has 0 N–H and O–H groups in total. The quantitative estimate of drug-likeness (QED) is 0.438. The standard InChI is InChI=1S/C9H7ClN2O2/c1-11-5-4-7-2-3-9(12(13)14)8(10)6-7/h2-3,6H,4-5H2. The molecule has 0 atom stereocenters. The third kappa shape index (κ3) is 2.44. The van der Waals surface area contributed by atoms with Crippen LogP contribution in [0.5, 0.6) is 0 Å². The molecule has 0 aliphatic carbocycles. The number of nitro groups is 1. The van der Waals surface area contributed by atoms with Crippen LogP contribution in [-0.4, -0.2) is 11.5 Å². The molecule has 0 saturated carbocycles. The molecule has 72 valence electrons. The van der Waals surface area contributed by atoms with Crippen molar-refractivity contribution in [3.05, 3.63) is 50.3 Å². The Morgan fingerprint density at radius 3 is 2.79 bits per heavy atom. The Morgan fingerprint density at radius 2 is 2.29 bits per heavy atom. The Labute approximate surface area is 86.1 Å². The van der Waals surface area contributed by atoms with Gasteiger partial charge in [0.2, 0.25) is 6.54 Å². The van der Waals surface area contributed by atoms with Gasteiger partial charge in [0.05, 0.1) is 4.92 Å². The molecule has 0 aliphatic rings. The fourth-order valence-electron chi connectivity index (χ4n) is 1.04. The molecule has 0 bridgehead atoms. The summed E-state index contributed by atoms with van der Waals surface area (Å²) in [6, 6.07) is 4.52. The van der Waals surface area contributed by atoms with Crippen molar-refractivity contribution in [3.8, 4) is 0 Å². The first kappa shape index (κ1) is 10.5. The number of nitro benzene ring substituents is 1. The Morgan fingerprint density at radius 1 is 1.57 bits per heavy atom. The average molecular weight is 211 g/mol. The first-order chi connectivity index (χ1) is 6.65. The maximum Gasteiger partial charge on any atom is 0.287 e. The van der Waals surface area contributed by atoms with Gasteiger partial charge in [-0.15, -0.1) is 0 Å². The van der Waals surface area contributed by atoms with Crippen LogP contribution in [0.2, 0.25) is 5.02 Å². The van der Waals surface area contributed by atoms with Gasteiger partial charge in [0, 0.05) is 12.5 Å². The number of hydrogen-bond donors (Lipinski definition) is 0. The minimum absolute atomic E-state index is 0.0989. The van der Waals surface area contributed by atoms with Crippen LogP contribution in [0.3, 0.4) is 0 Å². The highest BCUT2D eigenvalue weighted by Gasteiger charge is 2.11. The maximum absolute atomic E-state index is 10.4. The zero-order chi connectivity index (χ0) is 10.6. The van der Waals surface area contributed by atoms with Gasteiger partial charge in [-0.3, -0.25) is 10.1 Å². The second-order valence-corrected chi connectivity index (χ2v) is 3.08. The van der Waals surface area contributed by atoms with Gasteiger partial charge >= 0.3 is 0 Å². The van der Waals surface area contributed by atoms with Gasteiger partial charge in [0.25, 0.3) is 5.69 Å². The van der Waals surface area contributed by atoms with E-state index in [9.17, 15) is 10.1 Å². The first-order valence-corrected chi connectivity index (χ1v) is 4.29. The highest BCUT2D eigenvalue weighted by atomic mass is 35.5. The Balaban J connectivity index is 2.90. The molecule has 0 aliphatic heterocycles. The van der Waals surface area contributed by atoms with Crippen molar-refractivity contribution in [1.82, 2.24) is 0 Å². The van der Waals surface area contributed by atoms with E-state index in [0.717, 1.165) is 5.56 Å². The van der Waals surface area contributed by atoms with Crippen molar-refractivity contribution in [2.75, 3.05) is 6.54 Å². The zero-order valence-corrected chi connectivity index (χ0v) is 7.99. The molecule has 4 nitrogen and oxygen atoms in total. The fourth-order valence-corrected chi connectivity index (χ4v) is 1.31. The lowest BCUT2D eigenvalue weighted by atomic mass is 10.1. The topological polar surface area (TPSA) is 47.5 Å². The molecule has 0 spiro atoms. The number of halogens is 1. The molecule has 0 unspecified atom stereocenters. The molecule has 1 aromatic carbocycles. The zero-order valence-electron chi connectivity index (χ0n) is 7.24. The summed E-state index contributed by atoms with van der Waals surface area (Å²) < 4.78 is 0. The van der Waals surface area contributed by atoms with Gasteiger partial charge in [0.1, 0.15) is 5.02 Å². The SMILES string of the molecule is [C-]#[N+]CCc1ccc([N+](=O)[O-])c(Cl)c1. The monoisotopic (exact) mass is 210 g/mol. The number of benzene rings is 1. The minimum Gasteiger partial charge on any atom is -0.317 e. The van der Waals surface area contributed by atoms with Gasteiger partial charge in [0.15, 0.2) is 0 Å². The summed E-state index contributed by atoms with van der Waals surface area (Å²) in [6.07, 6.45) is 0.571. The Kier molecular flexibility index (Phi) is 3.43. The van der Waals surface area contributed by atoms with E-state index in [4.69, 9.17) is 18.2 Å². The van der Waals surface area contributed by atoms with Gasteiger partial charge in [-0.2, -0.15) is 0 Å². The van der Waals surface area contributed by atoms with Gasteiger partial charge < -0.3 is 4.85 Å². The third-order valence-corrected chi connectivity index (χ3v) is 2.02. The van der Waals surface area contributed by atoms with E-state index >= 15 is 0 Å². The van der Waals surface area contributed by atoms with Crippen molar-refractivity contribution in [2.24, 2.45) is 0 Å². The number of hydrogen-bond acceptors (Lipinski definition) is 2. The van der Waals surface area contributed by atoms with E-state index in [1.165, 1.54) is 12.1 Å². The van der Waals surface area contributed by atoms with E-state index in [1.54, 1.807) is 6.07 Å². The predicted octanol–water partition coefficient (Wildman–Crippen LogP) is 2.71. The van der Waals surface area contributed by atoms with E-state index in [1.807, 2.05) is 0 Å². The van der Waals surface area contributed by atoms with Crippen LogP contribution in [0.1, 0.15) is 5.56 Å². The fraction of sp³-hybridized carbons (Fsp3) is 0.222. The van der Waals surface area contributed by atoms with Crippen molar-refractivity contribution in [1.29, 1.82) is 0 Å². The maximum atomic E-state index is 10.4. The van der Waals surface area contributed by atoms with Gasteiger partial charge in [-0.05, 0) is 11.6 Å². The van der Waals surface area contributed by atoms with E-state index < -0.39 is 4.92 Å². The highest BCUT2D eigenvalue weighted by Crippen LogP contribution is 2.24. The first-order valence-electron chi connectivity index (χ1n) is 3.91. The average Bonchev–Trinajstić information content (AvgIpc) is 2.14. The minimum atomic E-state index is -0.527. The van der Waals surface area contributed by atoms with Crippen molar-refractivity contribution in [2.45, 2.75) is 6.42 Å². The molecule has 0 heterocycles. The van der Waals surface area contributed by atoms with Crippen LogP contribution in [-0.2, 0) is 6.42 Å². The van der Waals surface area contributed by atoms with Crippen LogP contribution in [0, 0.1) is 16.7 Å². The number of rotatable bonds is 3. The lowest BCUT2D eigenvalue weighted by molar-refractivity contribution is -0.384. The summed E-state index contributed by atoms with van der Waals surface area (Å²) in [5.74, 6) is 0. The lowest BCUT2D eigenvalue weighted by Gasteiger charge is -1.98. The molecule has 5 heteroatoms. The Hall–Kier alpha value is -1.60. The van der Waals surface area contributed by atoms with Crippen LogP contribution in [0.4, 0.5) is 5.69 Å². The molecular weight excluding hydrogens is 204 g/mol. The second kappa shape index (κ2) is 4.58. The molecule has 0 aromatic heterocycles. The van der Waals surface area contributed by atoms with Crippen LogP contribution >= 0.6 is 11.6 Å². The summed E-state index contributed by atoms with van der Waals surface area (Å²) in [7, 11) is 0. The van der Waals surface area contributed by atoms with Crippen LogP contribution in [0.25, 0.3) is 4.85 Å². The molecule has 0 radical (unpaired) electrons. The lowest BCUT2D eigenvalue weighted by Crippen LogP contribution is -1.92. The Bertz CT molecular complexity index is 398. The third-order valence-electron chi connectivity index (χ3n) is 1.72. The molecular formula is C9H7ClN2O2. The largest absolute Gasteiger partial charge is 0.317 e. The van der Waals surface area contributed by atoms with E-state index in [-0.39, 0.29) is 10.7 Å². The summed E-state index contributed by atoms with van der Waals surface area (Å²) in [4.78, 5) is 13.1. The van der Waals surface area contributed by atoms with Crippen molar-refractivity contribution < 1.29 is 4.92 Å². The molecule has 1 rings (SSSR count). The van der Waals surface area contributed by atoms with Crippen molar-refractivity contribution >= 4 is 17.3 Å². The summed E-state index contributed by atoms with van der Waals surface area (Å²) in [5, 5.41) is 10.5. The predicted molar refractivity (Wildman–Crippen MR) is 53.3 cm³/mol. The van der Waals surface area contributed by atoms with Gasteiger partial charge in [-0.1, -0.05) is 17.7 Å². The van der Waals surface area contributed by atoms with E-state index in [2.05, 4.69) is 4.85 Å². The van der Waals surface area contributed by atoms with Crippen molar-refractivity contribution in [3.63, 3.8) is 0 Å². The van der Waals surface area contributed by atoms with Crippen LogP contribution < -0.4 is 0 Å². The molecule has 0 saturated heterocycles. The molecule has 0 amide bonds. The van der Waals surface area contributed by atoms with Crippen LogP contribution in [0.15, 0.2) is 18.2 Å². The van der Waals surface area contributed by atoms with E-state index in [0.29, 0.717) is 13.0 Å². The van der Waals surface area contributed by atoms with Gasteiger partial charge in [-0.25, -0.2) is 6.57 Å². The second-order valence-electron chi connectivity index (χ2n) is 2.67. The normalized spacial score (nSPS) is 9.43. The smallest absolute Gasteiger partial charge is 0.287 e. The summed E-state index contributed by atoms with van der Waals surface area (Å²) >= 11 is 5.68.